The number of rotatable bonds is 7. The van der Waals surface area contributed by atoms with Crippen molar-refractivity contribution in [2.24, 2.45) is 0 Å². The van der Waals surface area contributed by atoms with Crippen LogP contribution in [0.3, 0.4) is 0 Å². The van der Waals surface area contributed by atoms with Gasteiger partial charge in [-0.1, -0.05) is 12.1 Å². The quantitative estimate of drug-likeness (QED) is 0.477. The molecule has 0 bridgehead atoms. The number of nitrogens with zero attached hydrogens (tertiary/aromatic N) is 4. The Morgan fingerprint density at radius 3 is 2.68 bits per heavy atom. The lowest BCUT2D eigenvalue weighted by Gasteiger charge is -2.31. The molecular weight excluding hydrogens is 438 g/mol. The number of fused-ring (bicyclic) bond motifs is 1. The Morgan fingerprint density at radius 1 is 1.21 bits per heavy atom. The van der Waals surface area contributed by atoms with Gasteiger partial charge in [0.05, 0.1) is 25.4 Å². The number of aliphatic hydroxyl groups excluding tert-OH is 1. The molecule has 0 spiro atoms. The normalized spacial score (nSPS) is 16.3. The van der Waals surface area contributed by atoms with Crippen molar-refractivity contribution >= 4 is 11.8 Å². The number of carbonyl (C=O) groups excluding carboxylic acids is 2. The lowest BCUT2D eigenvalue weighted by molar-refractivity contribution is -0.166. The number of methoxy groups -OCH3 is 1. The molecule has 0 saturated carbocycles. The van der Waals surface area contributed by atoms with Crippen LogP contribution in [0.2, 0.25) is 0 Å². The molecule has 0 aliphatic carbocycles. The van der Waals surface area contributed by atoms with Crippen molar-refractivity contribution in [1.82, 2.24) is 25.0 Å². The molecule has 0 saturated heterocycles. The Bertz CT molecular complexity index is 1170. The lowest BCUT2D eigenvalue weighted by atomic mass is 9.95. The van der Waals surface area contributed by atoms with Crippen LogP contribution >= 0.6 is 0 Å². The van der Waals surface area contributed by atoms with E-state index in [2.05, 4.69) is 15.4 Å². The van der Waals surface area contributed by atoms with E-state index in [0.717, 1.165) is 23.9 Å². The van der Waals surface area contributed by atoms with Gasteiger partial charge in [0, 0.05) is 25.1 Å². The fourth-order valence-electron chi connectivity index (χ4n) is 3.88. The molecule has 3 N–H and O–H groups in total. The molecule has 10 nitrogen and oxygen atoms in total. The topological polar surface area (TPSA) is 130 Å². The van der Waals surface area contributed by atoms with Gasteiger partial charge >= 0.3 is 0 Å². The van der Waals surface area contributed by atoms with Crippen LogP contribution in [0.1, 0.15) is 36.7 Å². The van der Waals surface area contributed by atoms with Gasteiger partial charge in [-0.3, -0.25) is 14.6 Å². The summed E-state index contributed by atoms with van der Waals surface area (Å²) >= 11 is 0. The van der Waals surface area contributed by atoms with Gasteiger partial charge in [0.2, 0.25) is 0 Å². The van der Waals surface area contributed by atoms with Gasteiger partial charge < -0.3 is 25.2 Å². The van der Waals surface area contributed by atoms with E-state index in [9.17, 15) is 19.8 Å². The largest absolute Gasteiger partial charge is 0.494 e. The summed E-state index contributed by atoms with van der Waals surface area (Å²) in [5, 5.41) is 28.3. The molecule has 34 heavy (non-hydrogen) atoms. The standard InChI is InChI=1S/C24H27N5O5/c1-15(16-7-8-19(20(12-16)34-3)29-11-5-10-26-29)27-23(32)24(2,33)21(30)22(31)28-13-17-6-4-9-25-18(17)14-28/h4-12,15,21,30,33H,13-14H2,1-3H3,(H,27,32)/t15-,21+,24-/m1/s1. The Morgan fingerprint density at radius 2 is 2.00 bits per heavy atom. The highest BCUT2D eigenvalue weighted by molar-refractivity contribution is 5.94. The minimum absolute atomic E-state index is 0.211. The second-order valence-corrected chi connectivity index (χ2v) is 8.43. The van der Waals surface area contributed by atoms with Crippen molar-refractivity contribution in [3.8, 4) is 11.4 Å². The van der Waals surface area contributed by atoms with Gasteiger partial charge in [-0.05, 0) is 49.2 Å². The highest BCUT2D eigenvalue weighted by atomic mass is 16.5. The van der Waals surface area contributed by atoms with Gasteiger partial charge in [-0.2, -0.15) is 5.10 Å². The molecule has 1 aromatic carbocycles. The number of amides is 2. The van der Waals surface area contributed by atoms with Crippen molar-refractivity contribution in [1.29, 1.82) is 0 Å². The highest BCUT2D eigenvalue weighted by Gasteiger charge is 2.45. The number of hydrogen-bond donors (Lipinski definition) is 3. The van der Waals surface area contributed by atoms with E-state index in [-0.39, 0.29) is 13.1 Å². The fourth-order valence-corrected chi connectivity index (χ4v) is 3.88. The molecule has 2 aromatic heterocycles. The first-order chi connectivity index (χ1) is 16.2. The SMILES string of the molecule is COc1cc([C@@H](C)NC(=O)[C@](C)(O)[C@@H](O)C(=O)N2Cc3cccnc3C2)ccc1-n1cccn1. The first kappa shape index (κ1) is 23.4. The number of ether oxygens (including phenoxy) is 1. The van der Waals surface area contributed by atoms with Crippen LogP contribution in [0.4, 0.5) is 0 Å². The second-order valence-electron chi connectivity index (χ2n) is 8.43. The molecule has 3 atom stereocenters. The van der Waals surface area contributed by atoms with E-state index < -0.39 is 29.6 Å². The number of aliphatic hydroxyl groups is 2. The smallest absolute Gasteiger partial charge is 0.255 e. The number of benzene rings is 1. The number of aromatic nitrogens is 3. The van der Waals surface area contributed by atoms with E-state index in [1.807, 2.05) is 6.07 Å². The third kappa shape index (κ3) is 4.37. The second kappa shape index (κ2) is 9.24. The Kier molecular flexibility index (Phi) is 6.36. The molecule has 3 aromatic rings. The summed E-state index contributed by atoms with van der Waals surface area (Å²) < 4.78 is 7.12. The summed E-state index contributed by atoms with van der Waals surface area (Å²) in [5.41, 5.74) is 0.691. The summed E-state index contributed by atoms with van der Waals surface area (Å²) in [6, 6.07) is 10.2. The maximum atomic E-state index is 12.9. The minimum atomic E-state index is -2.34. The number of pyridine rings is 1. The Hall–Kier alpha value is -3.76. The van der Waals surface area contributed by atoms with Crippen LogP contribution < -0.4 is 10.1 Å². The molecule has 0 radical (unpaired) electrons. The molecule has 0 fully saturated rings. The van der Waals surface area contributed by atoms with Crippen molar-refractivity contribution in [3.63, 3.8) is 0 Å². The molecule has 3 heterocycles. The number of carbonyl (C=O) groups is 2. The molecule has 1 aliphatic heterocycles. The minimum Gasteiger partial charge on any atom is -0.494 e. The van der Waals surface area contributed by atoms with Crippen LogP contribution in [-0.2, 0) is 22.7 Å². The Balaban J connectivity index is 1.44. The van der Waals surface area contributed by atoms with E-state index in [4.69, 9.17) is 4.74 Å². The van der Waals surface area contributed by atoms with Crippen molar-refractivity contribution in [2.75, 3.05) is 7.11 Å². The first-order valence-electron chi connectivity index (χ1n) is 10.8. The van der Waals surface area contributed by atoms with Crippen LogP contribution in [0.25, 0.3) is 5.69 Å². The zero-order valence-corrected chi connectivity index (χ0v) is 19.2. The summed E-state index contributed by atoms with van der Waals surface area (Å²) in [7, 11) is 1.54. The molecule has 10 heteroatoms. The number of hydrogen-bond acceptors (Lipinski definition) is 7. The number of nitrogens with one attached hydrogen (secondary N) is 1. The molecule has 178 valence electrons. The van der Waals surface area contributed by atoms with Crippen molar-refractivity contribution < 1.29 is 24.5 Å². The highest BCUT2D eigenvalue weighted by Crippen LogP contribution is 2.28. The third-order valence-corrected chi connectivity index (χ3v) is 6.03. The maximum absolute atomic E-state index is 12.9. The van der Waals surface area contributed by atoms with Gasteiger partial charge in [-0.25, -0.2) is 4.68 Å². The average molecular weight is 466 g/mol. The van der Waals surface area contributed by atoms with E-state index in [1.165, 1.54) is 12.0 Å². The molecule has 1 aliphatic rings. The maximum Gasteiger partial charge on any atom is 0.255 e. The van der Waals surface area contributed by atoms with E-state index in [1.54, 1.807) is 60.5 Å². The molecule has 2 amide bonds. The zero-order chi connectivity index (χ0) is 24.5. The van der Waals surface area contributed by atoms with Crippen molar-refractivity contribution in [2.45, 2.75) is 44.7 Å². The molecule has 0 unspecified atom stereocenters. The summed E-state index contributed by atoms with van der Waals surface area (Å²) in [5.74, 6) is -1.06. The average Bonchev–Trinajstić information content (AvgIpc) is 3.52. The van der Waals surface area contributed by atoms with Crippen LogP contribution in [-0.4, -0.2) is 60.5 Å². The molecule has 4 rings (SSSR count). The molecular formula is C24H27N5O5. The van der Waals surface area contributed by atoms with Gasteiger partial charge in [0.25, 0.3) is 11.8 Å². The van der Waals surface area contributed by atoms with Crippen molar-refractivity contribution in [3.05, 3.63) is 71.8 Å². The van der Waals surface area contributed by atoms with Gasteiger partial charge in [-0.15, -0.1) is 0 Å². The third-order valence-electron chi connectivity index (χ3n) is 6.03. The van der Waals surface area contributed by atoms with Crippen LogP contribution in [0, 0.1) is 0 Å². The van der Waals surface area contributed by atoms with Gasteiger partial charge in [0.15, 0.2) is 11.7 Å². The van der Waals surface area contributed by atoms with E-state index in [0.29, 0.717) is 11.3 Å². The Labute approximate surface area is 196 Å². The van der Waals surface area contributed by atoms with Crippen LogP contribution in [0.15, 0.2) is 55.0 Å². The predicted molar refractivity (Wildman–Crippen MR) is 122 cm³/mol. The predicted octanol–water partition coefficient (Wildman–Crippen LogP) is 1.11. The monoisotopic (exact) mass is 465 g/mol. The van der Waals surface area contributed by atoms with E-state index >= 15 is 0 Å². The zero-order valence-electron chi connectivity index (χ0n) is 19.2. The summed E-state index contributed by atoms with van der Waals surface area (Å²) in [6.45, 7) is 3.33. The summed E-state index contributed by atoms with van der Waals surface area (Å²) in [6.07, 6.45) is 3.13. The fraction of sp³-hybridized carbons (Fsp3) is 0.333. The van der Waals surface area contributed by atoms with Crippen LogP contribution in [0.5, 0.6) is 5.75 Å². The summed E-state index contributed by atoms with van der Waals surface area (Å²) in [4.78, 5) is 31.3. The lowest BCUT2D eigenvalue weighted by Crippen LogP contribution is -2.58. The first-order valence-corrected chi connectivity index (χ1v) is 10.8. The van der Waals surface area contributed by atoms with Gasteiger partial charge in [0.1, 0.15) is 11.4 Å².